The van der Waals surface area contributed by atoms with Crippen LogP contribution in [0.2, 0.25) is 0 Å². The first-order valence-electron chi connectivity index (χ1n) is 25.2. The summed E-state index contributed by atoms with van der Waals surface area (Å²) in [6, 6.07) is 89.3. The first-order chi connectivity index (χ1) is 36.2. The summed E-state index contributed by atoms with van der Waals surface area (Å²) in [6.45, 7) is 0. The number of imidazole rings is 1. The number of hydrogen-bond donors (Lipinski definition) is 1. The Kier molecular flexibility index (Phi) is 10.3. The predicted octanol–water partition coefficient (Wildman–Crippen LogP) is 15.7. The van der Waals surface area contributed by atoms with E-state index in [2.05, 4.69) is 245 Å². The number of aryl methyl sites for hydroxylation is 1. The molecule has 0 fully saturated rings. The van der Waals surface area contributed by atoms with Crippen LogP contribution in [-0.2, 0) is 6.42 Å². The standard InChI is InChI=1S/C67H48N6/c1-5-19-44(20-6-1)54-38-35-45-21-13-14-30-53(45)57-42-47(36-39-55(54)57)48-37-40-60-58(43-48)63-56(31-18-34-62(63)72(60)51-26-9-3-10-27-51)66-70-64(46-22-7-2-8-23-46)69-65(71-66)49-24-17-25-50(41-49)67-68-59-32-15-16-33-61(59)73(67)52-28-11-4-12-29-52/h1-34,36-37,39-43,54,66H,35,38H2,(H,69,70,71). The lowest BCUT2D eigenvalue weighted by Gasteiger charge is -2.23. The van der Waals surface area contributed by atoms with E-state index in [0.717, 1.165) is 102 Å². The fourth-order valence-electron chi connectivity index (χ4n) is 11.5. The van der Waals surface area contributed by atoms with Crippen LogP contribution in [-0.4, -0.2) is 25.8 Å². The van der Waals surface area contributed by atoms with E-state index in [1.807, 2.05) is 18.2 Å². The Morgan fingerprint density at radius 3 is 1.84 bits per heavy atom. The number of fused-ring (bicyclic) bond motifs is 7. The van der Waals surface area contributed by atoms with E-state index >= 15 is 0 Å². The third-order valence-electron chi connectivity index (χ3n) is 14.8. The van der Waals surface area contributed by atoms with Crippen LogP contribution in [0.4, 0.5) is 0 Å². The number of nitrogens with zero attached hydrogens (tertiary/aromatic N) is 5. The molecule has 0 radical (unpaired) electrons. The van der Waals surface area contributed by atoms with Crippen LogP contribution in [0.1, 0.15) is 51.9 Å². The van der Waals surface area contributed by atoms with Crippen LogP contribution in [0.15, 0.2) is 259 Å². The number of rotatable bonds is 8. The first-order valence-corrected chi connectivity index (χ1v) is 25.2. The molecule has 2 unspecified atom stereocenters. The molecule has 0 amide bonds. The number of para-hydroxylation sites is 4. The van der Waals surface area contributed by atoms with Crippen LogP contribution in [0.3, 0.4) is 0 Å². The molecule has 1 aliphatic heterocycles. The molecular formula is C67H48N6. The SMILES string of the molecule is c1ccc(C2=NC(c3cccc4c3c3cc(-c5ccc6c(c5)-c5ccccc5CCC6c5ccccc5)ccc3n4-c3ccccc3)N=C(c3cccc(-c4nc5ccccc5n4-c4ccccc4)c3)N2)cc1. The van der Waals surface area contributed by atoms with Crippen LogP contribution < -0.4 is 5.32 Å². The minimum absolute atomic E-state index is 0.309. The van der Waals surface area contributed by atoms with E-state index in [4.69, 9.17) is 15.0 Å². The van der Waals surface area contributed by atoms with Gasteiger partial charge in [0.25, 0.3) is 0 Å². The largest absolute Gasteiger partial charge is 0.324 e. The number of nitrogens with one attached hydrogen (secondary N) is 1. The maximum absolute atomic E-state index is 5.57. The topological polar surface area (TPSA) is 59.5 Å². The van der Waals surface area contributed by atoms with Gasteiger partial charge in [0.2, 0.25) is 0 Å². The highest BCUT2D eigenvalue weighted by Gasteiger charge is 2.28. The molecular weight excluding hydrogens is 889 g/mol. The van der Waals surface area contributed by atoms with Crippen LogP contribution in [0.5, 0.6) is 0 Å². The zero-order chi connectivity index (χ0) is 48.2. The molecule has 0 saturated carbocycles. The van der Waals surface area contributed by atoms with Crippen molar-refractivity contribution in [1.29, 1.82) is 0 Å². The molecule has 10 aromatic carbocycles. The van der Waals surface area contributed by atoms with Crippen molar-refractivity contribution < 1.29 is 0 Å². The molecule has 12 aromatic rings. The highest BCUT2D eigenvalue weighted by Crippen LogP contribution is 2.45. The van der Waals surface area contributed by atoms with Crippen molar-refractivity contribution in [1.82, 2.24) is 19.4 Å². The summed E-state index contributed by atoms with van der Waals surface area (Å²) in [5.74, 6) is 2.68. The number of hydrogen-bond acceptors (Lipinski definition) is 4. The summed E-state index contributed by atoms with van der Waals surface area (Å²) >= 11 is 0. The lowest BCUT2D eigenvalue weighted by Crippen LogP contribution is -2.36. The normalized spacial score (nSPS) is 15.3. The average molecular weight is 937 g/mol. The van der Waals surface area contributed by atoms with Gasteiger partial charge in [-0.1, -0.05) is 182 Å². The minimum Gasteiger partial charge on any atom is -0.324 e. The van der Waals surface area contributed by atoms with Crippen molar-refractivity contribution in [3.8, 4) is 45.0 Å². The van der Waals surface area contributed by atoms with Gasteiger partial charge in [-0.2, -0.15) is 0 Å². The van der Waals surface area contributed by atoms with Crippen LogP contribution in [0, 0.1) is 0 Å². The second kappa shape index (κ2) is 17.8. The summed E-state index contributed by atoms with van der Waals surface area (Å²) in [4.78, 5) is 16.3. The maximum Gasteiger partial charge on any atom is 0.170 e. The number of aromatic nitrogens is 3. The van der Waals surface area contributed by atoms with Gasteiger partial charge >= 0.3 is 0 Å². The molecule has 6 heteroatoms. The Balaban J connectivity index is 0.947. The van der Waals surface area contributed by atoms with Crippen molar-refractivity contribution in [2.24, 2.45) is 9.98 Å². The van der Waals surface area contributed by atoms with Gasteiger partial charge in [-0.25, -0.2) is 15.0 Å². The van der Waals surface area contributed by atoms with E-state index in [-0.39, 0.29) is 0 Å². The fourth-order valence-corrected chi connectivity index (χ4v) is 11.5. The Labute approximate surface area is 424 Å². The van der Waals surface area contributed by atoms with E-state index in [0.29, 0.717) is 5.92 Å². The number of benzene rings is 10. The smallest absolute Gasteiger partial charge is 0.170 e. The van der Waals surface area contributed by atoms with Gasteiger partial charge < -0.3 is 9.88 Å². The van der Waals surface area contributed by atoms with Crippen molar-refractivity contribution >= 4 is 44.5 Å². The monoisotopic (exact) mass is 936 g/mol. The quantitative estimate of drug-likeness (QED) is 0.165. The first kappa shape index (κ1) is 42.5. The Hall–Kier alpha value is -9.39. The third-order valence-corrected chi connectivity index (χ3v) is 14.8. The molecule has 14 rings (SSSR count). The molecule has 2 aliphatic rings. The van der Waals surface area contributed by atoms with Gasteiger partial charge in [0.15, 0.2) is 6.17 Å². The maximum atomic E-state index is 5.57. The molecule has 0 bridgehead atoms. The summed E-state index contributed by atoms with van der Waals surface area (Å²) < 4.78 is 4.64. The van der Waals surface area contributed by atoms with E-state index in [1.165, 1.54) is 33.4 Å². The van der Waals surface area contributed by atoms with Crippen molar-refractivity contribution in [3.63, 3.8) is 0 Å². The number of amidine groups is 2. The molecule has 2 aromatic heterocycles. The van der Waals surface area contributed by atoms with E-state index in [9.17, 15) is 0 Å². The zero-order valence-electron chi connectivity index (χ0n) is 40.0. The molecule has 3 heterocycles. The molecule has 346 valence electrons. The van der Waals surface area contributed by atoms with Crippen molar-refractivity contribution in [2.45, 2.75) is 24.9 Å². The van der Waals surface area contributed by atoms with Gasteiger partial charge in [-0.05, 0) is 119 Å². The zero-order valence-corrected chi connectivity index (χ0v) is 40.0. The molecule has 1 N–H and O–H groups in total. The summed E-state index contributed by atoms with van der Waals surface area (Å²) in [5.41, 5.74) is 19.5. The average Bonchev–Trinajstić information content (AvgIpc) is 3.97. The van der Waals surface area contributed by atoms with Gasteiger partial charge in [-0.3, -0.25) is 4.57 Å². The minimum atomic E-state index is -0.565. The Bertz CT molecular complexity index is 4110. The Morgan fingerprint density at radius 2 is 1.03 bits per heavy atom. The van der Waals surface area contributed by atoms with Crippen LogP contribution >= 0.6 is 0 Å². The highest BCUT2D eigenvalue weighted by atomic mass is 15.2. The lowest BCUT2D eigenvalue weighted by molar-refractivity contribution is 0.726. The van der Waals surface area contributed by atoms with E-state index in [1.54, 1.807) is 0 Å². The lowest BCUT2D eigenvalue weighted by atomic mass is 9.84. The molecule has 6 nitrogen and oxygen atoms in total. The van der Waals surface area contributed by atoms with Gasteiger partial charge in [0.1, 0.15) is 17.5 Å². The molecule has 1 aliphatic carbocycles. The molecule has 0 spiro atoms. The predicted molar refractivity (Wildman–Crippen MR) is 300 cm³/mol. The molecule has 2 atom stereocenters. The molecule has 73 heavy (non-hydrogen) atoms. The third kappa shape index (κ3) is 7.46. The number of aliphatic imine (C=N–C) groups is 2. The molecule has 0 saturated heterocycles. The summed E-state index contributed by atoms with van der Waals surface area (Å²) in [6.07, 6.45) is 1.54. The second-order valence-corrected chi connectivity index (χ2v) is 19.1. The Morgan fingerprint density at radius 1 is 0.411 bits per heavy atom. The fraction of sp³-hybridized carbons (Fsp3) is 0.0597. The highest BCUT2D eigenvalue weighted by molar-refractivity contribution is 6.17. The van der Waals surface area contributed by atoms with E-state index < -0.39 is 6.17 Å². The second-order valence-electron chi connectivity index (χ2n) is 19.1. The van der Waals surface area contributed by atoms with Gasteiger partial charge in [-0.15, -0.1) is 0 Å². The van der Waals surface area contributed by atoms with Crippen LogP contribution in [0.25, 0.3) is 77.9 Å². The van der Waals surface area contributed by atoms with Gasteiger partial charge in [0.05, 0.1) is 22.1 Å². The summed E-state index contributed by atoms with van der Waals surface area (Å²) in [7, 11) is 0. The van der Waals surface area contributed by atoms with Crippen molar-refractivity contribution in [2.75, 3.05) is 0 Å². The van der Waals surface area contributed by atoms with Gasteiger partial charge in [0, 0.05) is 50.3 Å². The van der Waals surface area contributed by atoms with Crippen molar-refractivity contribution in [3.05, 3.63) is 282 Å². The summed E-state index contributed by atoms with van der Waals surface area (Å²) in [5, 5.41) is 5.98.